The molecule has 17 heavy (non-hydrogen) atoms. The summed E-state index contributed by atoms with van der Waals surface area (Å²) >= 11 is 2.30. The van der Waals surface area contributed by atoms with E-state index in [0.29, 0.717) is 18.9 Å². The quantitative estimate of drug-likeness (QED) is 0.480. The molecule has 0 aromatic rings. The summed E-state index contributed by atoms with van der Waals surface area (Å²) in [6, 6.07) is 0.373. The Morgan fingerprint density at radius 1 is 1.65 bits per heavy atom. The Balaban J connectivity index is 2.00. The Hall–Kier alpha value is -0.430. The van der Waals surface area contributed by atoms with Crippen LogP contribution in [-0.2, 0) is 4.79 Å². The lowest BCUT2D eigenvalue weighted by Gasteiger charge is -2.25. The van der Waals surface area contributed by atoms with Crippen molar-refractivity contribution in [1.29, 1.82) is 0 Å². The van der Waals surface area contributed by atoms with Crippen LogP contribution in [0.15, 0.2) is 23.7 Å². The molecule has 94 valence electrons. The second kappa shape index (κ2) is 5.95. The summed E-state index contributed by atoms with van der Waals surface area (Å²) in [5.74, 6) is -0.0748. The lowest BCUT2D eigenvalue weighted by molar-refractivity contribution is -0.108. The molecule has 3 nitrogen and oxygen atoms in total. The second-order valence-electron chi connectivity index (χ2n) is 4.52. The molecule has 2 aliphatic rings. The van der Waals surface area contributed by atoms with Crippen molar-refractivity contribution in [3.05, 3.63) is 23.7 Å². The molecule has 0 aromatic heterocycles. The molecule has 1 N–H and O–H groups in total. The molecule has 5 heteroatoms. The van der Waals surface area contributed by atoms with E-state index in [9.17, 15) is 9.18 Å². The van der Waals surface area contributed by atoms with Crippen LogP contribution in [-0.4, -0.2) is 28.5 Å². The highest BCUT2D eigenvalue weighted by Gasteiger charge is 2.25. The van der Waals surface area contributed by atoms with Gasteiger partial charge in [0.2, 0.25) is 0 Å². The first-order valence-electron chi connectivity index (χ1n) is 5.87. The summed E-state index contributed by atoms with van der Waals surface area (Å²) in [5, 5.41) is 3.39. The van der Waals surface area contributed by atoms with Crippen LogP contribution in [0.4, 0.5) is 4.39 Å². The first kappa shape index (κ1) is 13.0. The predicted octanol–water partition coefficient (Wildman–Crippen LogP) is 2.35. The van der Waals surface area contributed by atoms with Crippen LogP contribution in [0.25, 0.3) is 0 Å². The number of nitrogens with one attached hydrogen (secondary N) is 1. The number of nitrogens with zero attached hydrogens (tertiary/aromatic N) is 1. The van der Waals surface area contributed by atoms with Crippen molar-refractivity contribution in [1.82, 2.24) is 8.43 Å². The molecular formula is C12H16FIN2O. The highest BCUT2D eigenvalue weighted by atomic mass is 127. The van der Waals surface area contributed by atoms with Crippen molar-refractivity contribution in [3.63, 3.8) is 0 Å². The average molecular weight is 350 g/mol. The van der Waals surface area contributed by atoms with Crippen molar-refractivity contribution >= 4 is 29.2 Å². The standard InChI is InChI=1S/C12H16FIN2O/c13-10-2-1-9(4-6-17)12(7-10)15-11-3-5-16(14)8-11/h2,6-7,9,11,15H,1,3-5,8H2/t9?,11-/m0/s1. The van der Waals surface area contributed by atoms with E-state index >= 15 is 0 Å². The fraction of sp³-hybridized carbons (Fsp3) is 0.583. The van der Waals surface area contributed by atoms with E-state index < -0.39 is 0 Å². The van der Waals surface area contributed by atoms with Gasteiger partial charge in [-0.05, 0) is 25.0 Å². The monoisotopic (exact) mass is 350 g/mol. The first-order chi connectivity index (χ1) is 8.19. The van der Waals surface area contributed by atoms with E-state index in [1.54, 1.807) is 6.08 Å². The van der Waals surface area contributed by atoms with E-state index in [0.717, 1.165) is 31.5 Å². The van der Waals surface area contributed by atoms with Gasteiger partial charge in [-0.25, -0.2) is 7.50 Å². The van der Waals surface area contributed by atoms with Gasteiger partial charge in [0.1, 0.15) is 12.1 Å². The maximum Gasteiger partial charge on any atom is 0.120 e. The lowest BCUT2D eigenvalue weighted by atomic mass is 9.93. The zero-order valence-electron chi connectivity index (χ0n) is 9.53. The lowest BCUT2D eigenvalue weighted by Crippen LogP contribution is -2.33. The zero-order chi connectivity index (χ0) is 12.3. The predicted molar refractivity (Wildman–Crippen MR) is 73.2 cm³/mol. The molecular weight excluding hydrogens is 334 g/mol. The van der Waals surface area contributed by atoms with Gasteiger partial charge in [-0.3, -0.25) is 0 Å². The summed E-state index contributed by atoms with van der Waals surface area (Å²) < 4.78 is 15.5. The minimum absolute atomic E-state index is 0.121. The normalized spacial score (nSPS) is 29.8. The highest BCUT2D eigenvalue weighted by molar-refractivity contribution is 14.1. The van der Waals surface area contributed by atoms with Crippen LogP contribution in [0.5, 0.6) is 0 Å². The molecule has 1 aliphatic heterocycles. The summed E-state index contributed by atoms with van der Waals surface area (Å²) in [5.41, 5.74) is 0.883. The second-order valence-corrected chi connectivity index (χ2v) is 5.89. The van der Waals surface area contributed by atoms with Gasteiger partial charge < -0.3 is 10.1 Å². The largest absolute Gasteiger partial charge is 0.384 e. The minimum Gasteiger partial charge on any atom is -0.384 e. The number of carbonyl (C=O) groups is 1. The molecule has 1 fully saturated rings. The molecule has 2 rings (SSSR count). The number of hydrogen-bond acceptors (Lipinski definition) is 3. The van der Waals surface area contributed by atoms with Crippen LogP contribution in [0.1, 0.15) is 19.3 Å². The molecule has 1 saturated heterocycles. The average Bonchev–Trinajstić information content (AvgIpc) is 2.68. The van der Waals surface area contributed by atoms with Crippen LogP contribution < -0.4 is 5.32 Å². The molecule has 2 atom stereocenters. The van der Waals surface area contributed by atoms with Crippen LogP contribution in [0.2, 0.25) is 0 Å². The van der Waals surface area contributed by atoms with Crippen molar-refractivity contribution in [2.75, 3.05) is 13.1 Å². The van der Waals surface area contributed by atoms with E-state index in [1.807, 2.05) is 0 Å². The number of halogens is 2. The van der Waals surface area contributed by atoms with Crippen LogP contribution in [0, 0.1) is 5.92 Å². The Bertz CT molecular complexity index is 356. The van der Waals surface area contributed by atoms with Gasteiger partial charge >= 0.3 is 0 Å². The van der Waals surface area contributed by atoms with Crippen molar-refractivity contribution in [2.45, 2.75) is 25.3 Å². The molecule has 0 amide bonds. The SMILES string of the molecule is O=CCC1CC=C(F)C=C1N[C@H]1CCN(I)C1. The van der Waals surface area contributed by atoms with E-state index in [4.69, 9.17) is 0 Å². The summed E-state index contributed by atoms with van der Waals surface area (Å²) in [6.45, 7) is 2.03. The van der Waals surface area contributed by atoms with Crippen molar-refractivity contribution in [2.24, 2.45) is 5.92 Å². The highest BCUT2D eigenvalue weighted by Crippen LogP contribution is 2.26. The van der Waals surface area contributed by atoms with E-state index in [2.05, 4.69) is 31.3 Å². The molecule has 0 saturated carbocycles. The first-order valence-corrected chi connectivity index (χ1v) is 6.83. The van der Waals surface area contributed by atoms with Gasteiger partial charge in [-0.2, -0.15) is 0 Å². The fourth-order valence-corrected chi connectivity index (χ4v) is 3.03. The van der Waals surface area contributed by atoms with Gasteiger partial charge in [-0.15, -0.1) is 0 Å². The third-order valence-corrected chi connectivity index (χ3v) is 4.10. The Morgan fingerprint density at radius 2 is 2.47 bits per heavy atom. The van der Waals surface area contributed by atoms with Crippen LogP contribution in [0.3, 0.4) is 0 Å². The molecule has 0 spiro atoms. The number of rotatable bonds is 4. The molecule has 0 aromatic carbocycles. The Kier molecular flexibility index (Phi) is 4.55. The van der Waals surface area contributed by atoms with Gasteiger partial charge in [-0.1, -0.05) is 0 Å². The fourth-order valence-electron chi connectivity index (χ4n) is 2.28. The van der Waals surface area contributed by atoms with Gasteiger partial charge in [0.05, 0.1) is 0 Å². The molecule has 1 unspecified atom stereocenters. The summed E-state index contributed by atoms with van der Waals surface area (Å²) in [4.78, 5) is 10.6. The smallest absolute Gasteiger partial charge is 0.120 e. The minimum atomic E-state index is -0.195. The molecule has 1 aliphatic carbocycles. The van der Waals surface area contributed by atoms with Gasteiger partial charge in [0.15, 0.2) is 0 Å². The summed E-state index contributed by atoms with van der Waals surface area (Å²) in [7, 11) is 0. The Labute approximate surface area is 115 Å². The zero-order valence-corrected chi connectivity index (χ0v) is 11.7. The number of allylic oxidation sites excluding steroid dienone is 4. The number of carbonyl (C=O) groups excluding carboxylic acids is 1. The van der Waals surface area contributed by atoms with Gasteiger partial charge in [0.25, 0.3) is 0 Å². The third-order valence-electron chi connectivity index (χ3n) is 3.22. The number of aldehydes is 1. The molecule has 0 bridgehead atoms. The molecule has 0 radical (unpaired) electrons. The van der Waals surface area contributed by atoms with Gasteiger partial charge in [0, 0.05) is 60.0 Å². The summed E-state index contributed by atoms with van der Waals surface area (Å²) in [6.07, 6.45) is 6.15. The van der Waals surface area contributed by atoms with E-state index in [1.165, 1.54) is 6.08 Å². The van der Waals surface area contributed by atoms with Crippen LogP contribution >= 0.6 is 22.9 Å². The Morgan fingerprint density at radius 3 is 3.12 bits per heavy atom. The van der Waals surface area contributed by atoms with E-state index in [-0.39, 0.29) is 11.7 Å². The third kappa shape index (κ3) is 3.51. The number of hydrogen-bond donors (Lipinski definition) is 1. The maximum atomic E-state index is 13.2. The maximum absolute atomic E-state index is 13.2. The topological polar surface area (TPSA) is 32.3 Å². The molecule has 1 heterocycles. The van der Waals surface area contributed by atoms with Crippen molar-refractivity contribution in [3.8, 4) is 0 Å². The van der Waals surface area contributed by atoms with Crippen molar-refractivity contribution < 1.29 is 9.18 Å².